The van der Waals surface area contributed by atoms with E-state index in [-0.39, 0.29) is 18.4 Å². The molecule has 0 bridgehead atoms. The van der Waals surface area contributed by atoms with Crippen LogP contribution in [0.15, 0.2) is 15.9 Å². The molecule has 2 amide bonds. The third-order valence-electron chi connectivity index (χ3n) is 3.35. The number of hydrogen-bond donors (Lipinski definition) is 2. The molecule has 7 heteroatoms. The van der Waals surface area contributed by atoms with Gasteiger partial charge in [0.25, 0.3) is 5.91 Å². The molecule has 1 fully saturated rings. The monoisotopic (exact) mass is 346 g/mol. The summed E-state index contributed by atoms with van der Waals surface area (Å²) in [5.41, 5.74) is 4.80. The molecule has 0 atom stereocenters. The Morgan fingerprint density at radius 2 is 2.16 bits per heavy atom. The van der Waals surface area contributed by atoms with Gasteiger partial charge in [-0.2, -0.15) is 0 Å². The summed E-state index contributed by atoms with van der Waals surface area (Å²) in [4.78, 5) is 24.2. The number of halogens is 1. The molecular weight excluding hydrogens is 332 g/mol. The van der Waals surface area contributed by atoms with Crippen LogP contribution in [0.25, 0.3) is 0 Å². The Morgan fingerprint density at radius 3 is 2.68 bits per heavy atom. The second kappa shape index (κ2) is 6.02. The molecule has 0 saturated carbocycles. The molecule has 2 rings (SSSR count). The Hall–Kier alpha value is -0.920. The normalized spacial score (nSPS) is 17.9. The summed E-state index contributed by atoms with van der Waals surface area (Å²) < 4.78 is 6.12. The minimum Gasteiger partial charge on any atom is -0.381 e. The average molecular weight is 347 g/mol. The van der Waals surface area contributed by atoms with E-state index in [1.54, 1.807) is 6.07 Å². The summed E-state index contributed by atoms with van der Waals surface area (Å²) in [5.74, 6) is -0.550. The van der Waals surface area contributed by atoms with Gasteiger partial charge in [-0.15, -0.1) is 11.3 Å². The van der Waals surface area contributed by atoms with E-state index in [4.69, 9.17) is 10.5 Å². The standard InChI is InChI=1S/C12H15BrN2O3S/c13-8-5-9(19-6-8)10(16)15-7-12(11(14)17)1-3-18-4-2-12/h5-6H,1-4,7H2,(H2,14,17)(H,15,16). The fourth-order valence-corrected chi connectivity index (χ4v) is 3.38. The van der Waals surface area contributed by atoms with Gasteiger partial charge < -0.3 is 15.8 Å². The van der Waals surface area contributed by atoms with Crippen LogP contribution in [0.3, 0.4) is 0 Å². The van der Waals surface area contributed by atoms with Crippen molar-refractivity contribution < 1.29 is 14.3 Å². The second-order valence-corrected chi connectivity index (χ2v) is 6.40. The second-order valence-electron chi connectivity index (χ2n) is 4.57. The molecule has 1 aromatic heterocycles. The number of amides is 2. The first-order valence-corrected chi connectivity index (χ1v) is 7.61. The van der Waals surface area contributed by atoms with Crippen molar-refractivity contribution >= 4 is 39.1 Å². The van der Waals surface area contributed by atoms with Crippen molar-refractivity contribution in [1.82, 2.24) is 5.32 Å². The van der Waals surface area contributed by atoms with E-state index in [0.29, 0.717) is 30.9 Å². The molecular formula is C12H15BrN2O3S. The summed E-state index contributed by atoms with van der Waals surface area (Å²) in [6.07, 6.45) is 1.10. The minimum atomic E-state index is -0.678. The highest BCUT2D eigenvalue weighted by molar-refractivity contribution is 9.10. The average Bonchev–Trinajstić information content (AvgIpc) is 2.83. The Balaban J connectivity index is 1.99. The van der Waals surface area contributed by atoms with E-state index in [9.17, 15) is 9.59 Å². The van der Waals surface area contributed by atoms with Gasteiger partial charge >= 0.3 is 0 Å². The zero-order valence-electron chi connectivity index (χ0n) is 10.3. The van der Waals surface area contributed by atoms with Crippen LogP contribution < -0.4 is 11.1 Å². The number of hydrogen-bond acceptors (Lipinski definition) is 4. The zero-order valence-corrected chi connectivity index (χ0v) is 12.7. The van der Waals surface area contributed by atoms with E-state index in [1.807, 2.05) is 5.38 Å². The lowest BCUT2D eigenvalue weighted by Gasteiger charge is -2.34. The van der Waals surface area contributed by atoms with Crippen molar-refractivity contribution in [3.05, 3.63) is 20.8 Å². The summed E-state index contributed by atoms with van der Waals surface area (Å²) >= 11 is 4.65. The maximum absolute atomic E-state index is 12.0. The highest BCUT2D eigenvalue weighted by atomic mass is 79.9. The third kappa shape index (κ3) is 3.34. The van der Waals surface area contributed by atoms with Crippen molar-refractivity contribution in [2.75, 3.05) is 19.8 Å². The molecule has 0 radical (unpaired) electrons. The molecule has 19 heavy (non-hydrogen) atoms. The number of nitrogens with two attached hydrogens (primary N) is 1. The predicted octanol–water partition coefficient (Wildman–Crippen LogP) is 1.52. The smallest absolute Gasteiger partial charge is 0.261 e. The topological polar surface area (TPSA) is 81.4 Å². The van der Waals surface area contributed by atoms with Crippen LogP contribution in [0.2, 0.25) is 0 Å². The summed E-state index contributed by atoms with van der Waals surface area (Å²) in [6.45, 7) is 1.27. The van der Waals surface area contributed by atoms with Gasteiger partial charge in [0.1, 0.15) is 0 Å². The van der Waals surface area contributed by atoms with Crippen LogP contribution in [0.1, 0.15) is 22.5 Å². The van der Waals surface area contributed by atoms with E-state index < -0.39 is 5.41 Å². The van der Waals surface area contributed by atoms with Gasteiger partial charge in [0.05, 0.1) is 10.3 Å². The highest BCUT2D eigenvalue weighted by Crippen LogP contribution is 2.29. The van der Waals surface area contributed by atoms with Gasteiger partial charge in [-0.05, 0) is 34.8 Å². The molecule has 0 spiro atoms. The highest BCUT2D eigenvalue weighted by Gasteiger charge is 2.38. The quantitative estimate of drug-likeness (QED) is 0.867. The number of carbonyl (C=O) groups excluding carboxylic acids is 2. The SMILES string of the molecule is NC(=O)C1(CNC(=O)c2cc(Br)cs2)CCOCC1. The van der Waals surface area contributed by atoms with Gasteiger partial charge in [-0.1, -0.05) is 0 Å². The Labute approximate surface area is 123 Å². The van der Waals surface area contributed by atoms with Gasteiger partial charge in [-0.25, -0.2) is 0 Å². The van der Waals surface area contributed by atoms with Crippen LogP contribution >= 0.6 is 27.3 Å². The lowest BCUT2D eigenvalue weighted by atomic mass is 9.79. The van der Waals surface area contributed by atoms with Crippen molar-refractivity contribution in [3.8, 4) is 0 Å². The maximum Gasteiger partial charge on any atom is 0.261 e. The number of thiophene rings is 1. The fourth-order valence-electron chi connectivity index (χ4n) is 2.04. The van der Waals surface area contributed by atoms with Crippen LogP contribution in [-0.2, 0) is 9.53 Å². The lowest BCUT2D eigenvalue weighted by molar-refractivity contribution is -0.132. The van der Waals surface area contributed by atoms with Crippen LogP contribution in [0.5, 0.6) is 0 Å². The molecule has 0 aliphatic carbocycles. The Morgan fingerprint density at radius 1 is 1.47 bits per heavy atom. The Bertz CT molecular complexity index is 483. The zero-order chi connectivity index (χ0) is 13.9. The molecule has 1 aliphatic rings. The number of primary amides is 1. The van der Waals surface area contributed by atoms with E-state index in [0.717, 1.165) is 4.47 Å². The summed E-state index contributed by atoms with van der Waals surface area (Å²) in [5, 5.41) is 4.64. The Kier molecular flexibility index (Phi) is 4.59. The molecule has 0 unspecified atom stereocenters. The van der Waals surface area contributed by atoms with E-state index in [2.05, 4.69) is 21.2 Å². The molecule has 3 N–H and O–H groups in total. The van der Waals surface area contributed by atoms with E-state index >= 15 is 0 Å². The molecule has 1 saturated heterocycles. The molecule has 0 aromatic carbocycles. The van der Waals surface area contributed by atoms with Crippen molar-refractivity contribution in [2.45, 2.75) is 12.8 Å². The van der Waals surface area contributed by atoms with Gasteiger partial charge in [0.15, 0.2) is 0 Å². The first kappa shape index (κ1) is 14.5. The summed E-state index contributed by atoms with van der Waals surface area (Å²) in [7, 11) is 0. The predicted molar refractivity (Wildman–Crippen MR) is 76.0 cm³/mol. The molecule has 104 valence electrons. The number of ether oxygens (including phenoxy) is 1. The first-order valence-electron chi connectivity index (χ1n) is 5.93. The number of carbonyl (C=O) groups is 2. The summed E-state index contributed by atoms with van der Waals surface area (Å²) in [6, 6.07) is 1.75. The van der Waals surface area contributed by atoms with Gasteiger partial charge in [-0.3, -0.25) is 9.59 Å². The minimum absolute atomic E-state index is 0.178. The lowest BCUT2D eigenvalue weighted by Crippen LogP contribution is -2.49. The van der Waals surface area contributed by atoms with Crippen molar-refractivity contribution in [1.29, 1.82) is 0 Å². The van der Waals surface area contributed by atoms with Gasteiger partial charge in [0, 0.05) is 29.6 Å². The first-order chi connectivity index (χ1) is 9.03. The fraction of sp³-hybridized carbons (Fsp3) is 0.500. The largest absolute Gasteiger partial charge is 0.381 e. The third-order valence-corrected chi connectivity index (χ3v) is 5.04. The molecule has 1 aliphatic heterocycles. The van der Waals surface area contributed by atoms with Gasteiger partial charge in [0.2, 0.25) is 5.91 Å². The van der Waals surface area contributed by atoms with Crippen LogP contribution in [0.4, 0.5) is 0 Å². The molecule has 2 heterocycles. The molecule has 1 aromatic rings. The molecule has 5 nitrogen and oxygen atoms in total. The van der Waals surface area contributed by atoms with Crippen LogP contribution in [0, 0.1) is 5.41 Å². The van der Waals surface area contributed by atoms with Crippen molar-refractivity contribution in [2.24, 2.45) is 11.1 Å². The van der Waals surface area contributed by atoms with Crippen LogP contribution in [-0.4, -0.2) is 31.6 Å². The maximum atomic E-state index is 12.0. The van der Waals surface area contributed by atoms with E-state index in [1.165, 1.54) is 11.3 Å². The number of rotatable bonds is 4. The van der Waals surface area contributed by atoms with Crippen molar-refractivity contribution in [3.63, 3.8) is 0 Å². The number of nitrogens with one attached hydrogen (secondary N) is 1.